The number of nitrogens with zero attached hydrogens (tertiary/aromatic N) is 4. The Morgan fingerprint density at radius 1 is 1.15 bits per heavy atom. The molecule has 2 aliphatic heterocycles. The lowest BCUT2D eigenvalue weighted by Crippen LogP contribution is -2.60. The minimum absolute atomic E-state index is 0.192. The van der Waals surface area contributed by atoms with Crippen LogP contribution in [0.15, 0.2) is 48.9 Å². The Labute approximate surface area is 153 Å². The van der Waals surface area contributed by atoms with Gasteiger partial charge in [0.15, 0.2) is 0 Å². The van der Waals surface area contributed by atoms with Crippen LogP contribution in [0.1, 0.15) is 23.7 Å². The Bertz CT molecular complexity index is 725. The van der Waals surface area contributed by atoms with E-state index in [1.807, 2.05) is 11.0 Å². The first-order valence-electron chi connectivity index (χ1n) is 9.22. The van der Waals surface area contributed by atoms with Gasteiger partial charge in [0.2, 0.25) is 5.91 Å². The van der Waals surface area contributed by atoms with Crippen molar-refractivity contribution in [3.05, 3.63) is 60.2 Å². The largest absolute Gasteiger partial charge is 0.378 e. The zero-order valence-corrected chi connectivity index (χ0v) is 14.8. The topological polar surface area (TPSA) is 58.6 Å². The lowest BCUT2D eigenvalue weighted by Gasteiger charge is -2.48. The highest BCUT2D eigenvalue weighted by Crippen LogP contribution is 2.29. The molecule has 1 amide bonds. The van der Waals surface area contributed by atoms with Crippen molar-refractivity contribution < 1.29 is 9.53 Å². The van der Waals surface area contributed by atoms with Crippen molar-refractivity contribution in [1.29, 1.82) is 0 Å². The highest BCUT2D eigenvalue weighted by atomic mass is 16.5. The van der Waals surface area contributed by atoms with Crippen LogP contribution in [0.2, 0.25) is 0 Å². The standard InChI is InChI=1S/C20H24N4O2/c25-20(7-6-17-12-21-8-9-22-17)23-10-11-24-18(13-23)14-26-15-19(24)16-4-2-1-3-5-16/h1-5,8-9,12,18-19H,6-7,10-11,13-15H2/t18-,19-/m1/s1. The number of carbonyl (C=O) groups excluding carboxylic acids is 1. The van der Waals surface area contributed by atoms with Crippen molar-refractivity contribution >= 4 is 5.91 Å². The van der Waals surface area contributed by atoms with Crippen molar-refractivity contribution in [3.8, 4) is 0 Å². The normalized spacial score (nSPS) is 23.5. The highest BCUT2D eigenvalue weighted by molar-refractivity contribution is 5.76. The number of amides is 1. The molecule has 3 heterocycles. The Kier molecular flexibility index (Phi) is 5.22. The summed E-state index contributed by atoms with van der Waals surface area (Å²) in [6.07, 6.45) is 6.16. The third-order valence-corrected chi connectivity index (χ3v) is 5.26. The van der Waals surface area contributed by atoms with Crippen LogP contribution >= 0.6 is 0 Å². The zero-order chi connectivity index (χ0) is 17.8. The Hall–Kier alpha value is -2.31. The smallest absolute Gasteiger partial charge is 0.223 e. The number of benzene rings is 1. The maximum absolute atomic E-state index is 12.6. The van der Waals surface area contributed by atoms with Gasteiger partial charge < -0.3 is 9.64 Å². The average Bonchev–Trinajstić information content (AvgIpc) is 2.72. The molecule has 2 atom stereocenters. The highest BCUT2D eigenvalue weighted by Gasteiger charge is 2.37. The van der Waals surface area contributed by atoms with E-state index in [1.54, 1.807) is 18.6 Å². The maximum atomic E-state index is 12.6. The van der Waals surface area contributed by atoms with Gasteiger partial charge in [-0.2, -0.15) is 0 Å². The molecule has 0 bridgehead atoms. The Morgan fingerprint density at radius 2 is 2.04 bits per heavy atom. The number of piperazine rings is 1. The molecule has 1 aromatic carbocycles. The molecule has 136 valence electrons. The van der Waals surface area contributed by atoms with Crippen LogP contribution in [0.4, 0.5) is 0 Å². The van der Waals surface area contributed by atoms with Gasteiger partial charge in [0.05, 0.1) is 31.0 Å². The molecule has 2 saturated heterocycles. The molecule has 1 aromatic heterocycles. The van der Waals surface area contributed by atoms with Gasteiger partial charge >= 0.3 is 0 Å². The van der Waals surface area contributed by atoms with E-state index in [-0.39, 0.29) is 18.0 Å². The predicted molar refractivity (Wildman–Crippen MR) is 97.4 cm³/mol. The minimum atomic E-state index is 0.192. The van der Waals surface area contributed by atoms with E-state index < -0.39 is 0 Å². The van der Waals surface area contributed by atoms with Gasteiger partial charge in [-0.25, -0.2) is 0 Å². The van der Waals surface area contributed by atoms with Crippen LogP contribution in [0.3, 0.4) is 0 Å². The second-order valence-electron chi connectivity index (χ2n) is 6.89. The molecule has 6 nitrogen and oxygen atoms in total. The number of hydrogen-bond acceptors (Lipinski definition) is 5. The second kappa shape index (κ2) is 7.93. The molecular formula is C20H24N4O2. The molecule has 2 aliphatic rings. The van der Waals surface area contributed by atoms with Crippen LogP contribution in [-0.4, -0.2) is 64.6 Å². The number of hydrogen-bond donors (Lipinski definition) is 0. The summed E-state index contributed by atoms with van der Waals surface area (Å²) < 4.78 is 5.87. The summed E-state index contributed by atoms with van der Waals surface area (Å²) in [5, 5.41) is 0. The first kappa shape index (κ1) is 17.1. The molecule has 0 unspecified atom stereocenters. The van der Waals surface area contributed by atoms with Crippen LogP contribution in [0.5, 0.6) is 0 Å². The Morgan fingerprint density at radius 3 is 2.85 bits per heavy atom. The van der Waals surface area contributed by atoms with Gasteiger partial charge in [0.1, 0.15) is 0 Å². The number of aromatic nitrogens is 2. The summed E-state index contributed by atoms with van der Waals surface area (Å²) in [6.45, 7) is 3.82. The fraction of sp³-hybridized carbons (Fsp3) is 0.450. The van der Waals surface area contributed by atoms with Gasteiger partial charge in [-0.05, 0) is 12.0 Å². The zero-order valence-electron chi connectivity index (χ0n) is 14.8. The fourth-order valence-electron chi connectivity index (χ4n) is 3.88. The van der Waals surface area contributed by atoms with E-state index in [0.29, 0.717) is 19.4 Å². The van der Waals surface area contributed by atoms with Gasteiger partial charge in [0, 0.05) is 44.6 Å². The number of morpholine rings is 1. The van der Waals surface area contributed by atoms with Gasteiger partial charge in [0.25, 0.3) is 0 Å². The first-order valence-corrected chi connectivity index (χ1v) is 9.22. The quantitative estimate of drug-likeness (QED) is 0.838. The number of aryl methyl sites for hydroxylation is 1. The number of rotatable bonds is 4. The molecule has 0 saturated carbocycles. The minimum Gasteiger partial charge on any atom is -0.378 e. The second-order valence-corrected chi connectivity index (χ2v) is 6.89. The van der Waals surface area contributed by atoms with E-state index in [9.17, 15) is 4.79 Å². The summed E-state index contributed by atoms with van der Waals surface area (Å²) in [7, 11) is 0. The third-order valence-electron chi connectivity index (χ3n) is 5.26. The molecule has 0 aliphatic carbocycles. The van der Waals surface area contributed by atoms with E-state index in [2.05, 4.69) is 39.1 Å². The van der Waals surface area contributed by atoms with E-state index in [1.165, 1.54) is 5.56 Å². The van der Waals surface area contributed by atoms with Crippen LogP contribution in [0, 0.1) is 0 Å². The van der Waals surface area contributed by atoms with Gasteiger partial charge in [-0.3, -0.25) is 19.7 Å². The van der Waals surface area contributed by atoms with E-state index in [4.69, 9.17) is 4.74 Å². The molecule has 0 spiro atoms. The van der Waals surface area contributed by atoms with E-state index >= 15 is 0 Å². The summed E-state index contributed by atoms with van der Waals surface area (Å²) in [4.78, 5) is 25.4. The van der Waals surface area contributed by atoms with Crippen molar-refractivity contribution in [2.45, 2.75) is 24.9 Å². The molecular weight excluding hydrogens is 328 g/mol. The van der Waals surface area contributed by atoms with Crippen molar-refractivity contribution in [2.75, 3.05) is 32.8 Å². The van der Waals surface area contributed by atoms with Gasteiger partial charge in [-0.15, -0.1) is 0 Å². The maximum Gasteiger partial charge on any atom is 0.223 e. The SMILES string of the molecule is O=C(CCc1cnccn1)N1CCN2[C@@H](COC[C@@H]2c2ccccc2)C1. The average molecular weight is 352 g/mol. The molecule has 2 aromatic rings. The third kappa shape index (κ3) is 3.76. The van der Waals surface area contributed by atoms with Crippen LogP contribution in [-0.2, 0) is 16.0 Å². The van der Waals surface area contributed by atoms with Crippen LogP contribution < -0.4 is 0 Å². The first-order chi connectivity index (χ1) is 12.8. The lowest BCUT2D eigenvalue weighted by atomic mass is 10.00. The molecule has 26 heavy (non-hydrogen) atoms. The number of fused-ring (bicyclic) bond motifs is 1. The molecule has 6 heteroatoms. The monoisotopic (exact) mass is 352 g/mol. The summed E-state index contributed by atoms with van der Waals surface area (Å²) >= 11 is 0. The fourth-order valence-corrected chi connectivity index (χ4v) is 3.88. The molecule has 0 radical (unpaired) electrons. The summed E-state index contributed by atoms with van der Waals surface area (Å²) in [5.74, 6) is 0.192. The lowest BCUT2D eigenvalue weighted by molar-refractivity contribution is -0.140. The summed E-state index contributed by atoms with van der Waals surface area (Å²) in [5.41, 5.74) is 2.16. The van der Waals surface area contributed by atoms with Crippen molar-refractivity contribution in [1.82, 2.24) is 19.8 Å². The molecule has 2 fully saturated rings. The number of carbonyl (C=O) groups is 1. The Balaban J connectivity index is 1.36. The molecule has 4 rings (SSSR count). The summed E-state index contributed by atoms with van der Waals surface area (Å²) in [6, 6.07) is 11.1. The van der Waals surface area contributed by atoms with Crippen LogP contribution in [0.25, 0.3) is 0 Å². The number of ether oxygens (including phenoxy) is 1. The van der Waals surface area contributed by atoms with E-state index in [0.717, 1.165) is 31.9 Å². The van der Waals surface area contributed by atoms with Crippen molar-refractivity contribution in [2.24, 2.45) is 0 Å². The van der Waals surface area contributed by atoms with Gasteiger partial charge in [-0.1, -0.05) is 30.3 Å². The van der Waals surface area contributed by atoms with Crippen molar-refractivity contribution in [3.63, 3.8) is 0 Å². The molecule has 0 N–H and O–H groups in total. The predicted octanol–water partition coefficient (Wildman–Crippen LogP) is 1.69.